The molecule has 1 saturated carbocycles. The fraction of sp³-hybridized carbons (Fsp3) is 0.588. The molecule has 21 heavy (non-hydrogen) atoms. The fourth-order valence-electron chi connectivity index (χ4n) is 3.05. The van der Waals surface area contributed by atoms with Crippen molar-refractivity contribution in [2.24, 2.45) is 0 Å². The van der Waals surface area contributed by atoms with Crippen LogP contribution in [0.2, 0.25) is 0 Å². The number of carbonyl (C=O) groups excluding carboxylic acids is 1. The van der Waals surface area contributed by atoms with Crippen LogP contribution in [0.3, 0.4) is 0 Å². The number of rotatable bonds is 5. The lowest BCUT2D eigenvalue weighted by Crippen LogP contribution is -2.51. The van der Waals surface area contributed by atoms with Gasteiger partial charge in [-0.25, -0.2) is 4.39 Å². The van der Waals surface area contributed by atoms with E-state index in [2.05, 4.69) is 5.32 Å². The first-order valence-corrected chi connectivity index (χ1v) is 7.93. The molecule has 1 atom stereocenters. The fourth-order valence-corrected chi connectivity index (χ4v) is 3.05. The number of piperidine rings is 1. The van der Waals surface area contributed by atoms with Crippen molar-refractivity contribution in [3.05, 3.63) is 35.1 Å². The van der Waals surface area contributed by atoms with Gasteiger partial charge in [0, 0.05) is 19.1 Å². The standard InChI is InChI=1S/C17H23FN2O/c1-12-11-14(18)5-4-13(12)8-10-20-9-2-3-16(17(20)21)19-15-6-7-15/h4-5,11,15-16,19H,2-3,6-10H2,1H3. The average Bonchev–Trinajstić information content (AvgIpc) is 3.25. The minimum absolute atomic E-state index is 0.0144. The summed E-state index contributed by atoms with van der Waals surface area (Å²) in [5.41, 5.74) is 2.09. The first-order chi connectivity index (χ1) is 10.1. The van der Waals surface area contributed by atoms with Gasteiger partial charge in [0.05, 0.1) is 6.04 Å². The molecule has 1 heterocycles. The minimum atomic E-state index is -0.195. The molecule has 3 rings (SSSR count). The molecule has 0 aromatic heterocycles. The largest absolute Gasteiger partial charge is 0.341 e. The zero-order valence-corrected chi connectivity index (χ0v) is 12.6. The van der Waals surface area contributed by atoms with Gasteiger partial charge in [-0.2, -0.15) is 0 Å². The van der Waals surface area contributed by atoms with E-state index in [9.17, 15) is 9.18 Å². The Balaban J connectivity index is 1.57. The third-order valence-electron chi connectivity index (χ3n) is 4.50. The van der Waals surface area contributed by atoms with E-state index in [0.717, 1.165) is 43.5 Å². The van der Waals surface area contributed by atoms with E-state index >= 15 is 0 Å². The Morgan fingerprint density at radius 1 is 1.33 bits per heavy atom. The van der Waals surface area contributed by atoms with E-state index in [1.165, 1.54) is 18.9 Å². The second kappa shape index (κ2) is 6.14. The molecule has 2 fully saturated rings. The number of carbonyl (C=O) groups is 1. The van der Waals surface area contributed by atoms with Crippen molar-refractivity contribution in [2.45, 2.75) is 51.1 Å². The molecule has 2 aliphatic rings. The summed E-state index contributed by atoms with van der Waals surface area (Å²) in [6.45, 7) is 3.50. The Bertz CT molecular complexity index is 528. The lowest BCUT2D eigenvalue weighted by atomic mass is 10.0. The molecule has 1 amide bonds. The minimum Gasteiger partial charge on any atom is -0.341 e. The molecule has 114 valence electrons. The van der Waals surface area contributed by atoms with Gasteiger partial charge in [0.15, 0.2) is 0 Å². The maximum atomic E-state index is 13.1. The van der Waals surface area contributed by atoms with Crippen LogP contribution in [0.4, 0.5) is 4.39 Å². The van der Waals surface area contributed by atoms with Gasteiger partial charge in [0.1, 0.15) is 5.82 Å². The van der Waals surface area contributed by atoms with E-state index in [1.54, 1.807) is 6.07 Å². The van der Waals surface area contributed by atoms with Gasteiger partial charge in [0.2, 0.25) is 5.91 Å². The van der Waals surface area contributed by atoms with E-state index in [4.69, 9.17) is 0 Å². The number of hydrogen-bond acceptors (Lipinski definition) is 2. The van der Waals surface area contributed by atoms with Crippen molar-refractivity contribution in [2.75, 3.05) is 13.1 Å². The van der Waals surface area contributed by atoms with E-state index in [0.29, 0.717) is 6.04 Å². The van der Waals surface area contributed by atoms with Gasteiger partial charge in [-0.1, -0.05) is 6.07 Å². The first-order valence-electron chi connectivity index (χ1n) is 7.93. The Morgan fingerprint density at radius 2 is 2.14 bits per heavy atom. The smallest absolute Gasteiger partial charge is 0.239 e. The van der Waals surface area contributed by atoms with Gasteiger partial charge >= 0.3 is 0 Å². The lowest BCUT2D eigenvalue weighted by molar-refractivity contribution is -0.136. The van der Waals surface area contributed by atoms with Gasteiger partial charge in [-0.15, -0.1) is 0 Å². The Morgan fingerprint density at radius 3 is 2.86 bits per heavy atom. The number of likely N-dealkylation sites (tertiary alicyclic amines) is 1. The lowest BCUT2D eigenvalue weighted by Gasteiger charge is -2.33. The monoisotopic (exact) mass is 290 g/mol. The van der Waals surface area contributed by atoms with Crippen LogP contribution in [0, 0.1) is 12.7 Å². The molecule has 1 aliphatic carbocycles. The third kappa shape index (κ3) is 3.62. The van der Waals surface area contributed by atoms with Crippen molar-refractivity contribution in [3.63, 3.8) is 0 Å². The predicted molar refractivity (Wildman–Crippen MR) is 80.6 cm³/mol. The van der Waals surface area contributed by atoms with E-state index in [-0.39, 0.29) is 17.8 Å². The van der Waals surface area contributed by atoms with Gasteiger partial charge in [-0.05, 0) is 62.3 Å². The second-order valence-corrected chi connectivity index (χ2v) is 6.28. The van der Waals surface area contributed by atoms with Crippen LogP contribution in [0.5, 0.6) is 0 Å². The molecular weight excluding hydrogens is 267 g/mol. The zero-order chi connectivity index (χ0) is 14.8. The summed E-state index contributed by atoms with van der Waals surface area (Å²) >= 11 is 0. The highest BCUT2D eigenvalue weighted by atomic mass is 19.1. The van der Waals surface area contributed by atoms with Crippen LogP contribution in [0.1, 0.15) is 36.8 Å². The van der Waals surface area contributed by atoms with Gasteiger partial charge in [0.25, 0.3) is 0 Å². The van der Waals surface area contributed by atoms with Crippen molar-refractivity contribution in [1.82, 2.24) is 10.2 Å². The summed E-state index contributed by atoms with van der Waals surface area (Å²) in [6.07, 6.45) is 5.24. The number of hydrogen-bond donors (Lipinski definition) is 1. The summed E-state index contributed by atoms with van der Waals surface area (Å²) in [6, 6.07) is 5.47. The average molecular weight is 290 g/mol. The first kappa shape index (κ1) is 14.5. The molecule has 0 spiro atoms. The van der Waals surface area contributed by atoms with Crippen LogP contribution >= 0.6 is 0 Å². The molecule has 4 heteroatoms. The Hall–Kier alpha value is -1.42. The molecule has 1 aromatic carbocycles. The van der Waals surface area contributed by atoms with Crippen LogP contribution in [0.15, 0.2) is 18.2 Å². The summed E-state index contributed by atoms with van der Waals surface area (Å²) < 4.78 is 13.1. The molecule has 1 N–H and O–H groups in total. The molecule has 1 unspecified atom stereocenters. The maximum absolute atomic E-state index is 13.1. The van der Waals surface area contributed by atoms with Crippen molar-refractivity contribution >= 4 is 5.91 Å². The number of nitrogens with zero attached hydrogens (tertiary/aromatic N) is 1. The summed E-state index contributed by atoms with van der Waals surface area (Å²) in [5.74, 6) is 0.0481. The quantitative estimate of drug-likeness (QED) is 0.903. The normalized spacial score (nSPS) is 22.7. The predicted octanol–water partition coefficient (Wildman–Crippen LogP) is 2.42. The van der Waals surface area contributed by atoms with Gasteiger partial charge < -0.3 is 10.2 Å². The van der Waals surface area contributed by atoms with Crippen LogP contribution in [0.25, 0.3) is 0 Å². The van der Waals surface area contributed by atoms with Crippen LogP contribution in [-0.2, 0) is 11.2 Å². The number of aryl methyl sites for hydroxylation is 1. The van der Waals surface area contributed by atoms with Crippen molar-refractivity contribution in [3.8, 4) is 0 Å². The Labute approximate surface area is 125 Å². The third-order valence-corrected chi connectivity index (χ3v) is 4.50. The summed E-state index contributed by atoms with van der Waals surface area (Å²) in [5, 5.41) is 3.45. The number of halogens is 1. The second-order valence-electron chi connectivity index (χ2n) is 6.28. The van der Waals surface area contributed by atoms with Crippen LogP contribution in [-0.4, -0.2) is 36.0 Å². The SMILES string of the molecule is Cc1cc(F)ccc1CCN1CCCC(NC2CC2)C1=O. The molecule has 0 radical (unpaired) electrons. The number of amides is 1. The zero-order valence-electron chi connectivity index (χ0n) is 12.6. The molecule has 1 saturated heterocycles. The topological polar surface area (TPSA) is 32.3 Å². The van der Waals surface area contributed by atoms with E-state index < -0.39 is 0 Å². The Kier molecular flexibility index (Phi) is 4.24. The molecule has 1 aliphatic heterocycles. The highest BCUT2D eigenvalue weighted by Crippen LogP contribution is 2.22. The highest BCUT2D eigenvalue weighted by Gasteiger charge is 2.33. The van der Waals surface area contributed by atoms with E-state index in [1.807, 2.05) is 17.9 Å². The molecular formula is C17H23FN2O. The molecule has 3 nitrogen and oxygen atoms in total. The molecule has 1 aromatic rings. The van der Waals surface area contributed by atoms with Crippen LogP contribution < -0.4 is 5.32 Å². The molecule has 0 bridgehead atoms. The van der Waals surface area contributed by atoms with Gasteiger partial charge in [-0.3, -0.25) is 4.79 Å². The summed E-state index contributed by atoms with van der Waals surface area (Å²) in [7, 11) is 0. The van der Waals surface area contributed by atoms with Crippen molar-refractivity contribution < 1.29 is 9.18 Å². The van der Waals surface area contributed by atoms with Crippen molar-refractivity contribution in [1.29, 1.82) is 0 Å². The maximum Gasteiger partial charge on any atom is 0.239 e. The highest BCUT2D eigenvalue weighted by molar-refractivity contribution is 5.82. The number of nitrogens with one attached hydrogen (secondary N) is 1. The summed E-state index contributed by atoms with van der Waals surface area (Å²) in [4.78, 5) is 14.4. The number of benzene rings is 1.